The highest BCUT2D eigenvalue weighted by atomic mass is 35.5. The second-order valence-corrected chi connectivity index (χ2v) is 4.42. The van der Waals surface area contributed by atoms with Crippen LogP contribution in [0.5, 0.6) is 0 Å². The number of anilines is 1. The summed E-state index contributed by atoms with van der Waals surface area (Å²) in [5, 5.41) is 11.8. The molecular weight excluding hydrogens is 255 g/mol. The van der Waals surface area contributed by atoms with Crippen molar-refractivity contribution in [3.8, 4) is 6.07 Å². The van der Waals surface area contributed by atoms with E-state index < -0.39 is 17.1 Å². The maximum atomic E-state index is 13.5. The van der Waals surface area contributed by atoms with Gasteiger partial charge in [0.1, 0.15) is 11.2 Å². The molecule has 18 heavy (non-hydrogen) atoms. The van der Waals surface area contributed by atoms with E-state index in [0.29, 0.717) is 12.8 Å². The number of halogens is 2. The minimum Gasteiger partial charge on any atom is -0.322 e. The number of nitrogens with one attached hydrogen (secondary N) is 1. The Labute approximate surface area is 111 Å². The van der Waals surface area contributed by atoms with Gasteiger partial charge in [0, 0.05) is 5.02 Å². The molecule has 0 aliphatic heterocycles. The van der Waals surface area contributed by atoms with Gasteiger partial charge in [-0.25, -0.2) is 4.39 Å². The Morgan fingerprint density at radius 2 is 2.11 bits per heavy atom. The van der Waals surface area contributed by atoms with Crippen molar-refractivity contribution in [3.05, 3.63) is 29.0 Å². The molecule has 0 aliphatic carbocycles. The molecule has 5 heteroatoms. The molecule has 1 N–H and O–H groups in total. The van der Waals surface area contributed by atoms with Crippen molar-refractivity contribution >= 4 is 23.2 Å². The van der Waals surface area contributed by atoms with Gasteiger partial charge in [0.2, 0.25) is 5.91 Å². The first-order valence-corrected chi connectivity index (χ1v) is 6.04. The number of carbonyl (C=O) groups is 1. The number of rotatable bonds is 4. The van der Waals surface area contributed by atoms with E-state index in [9.17, 15) is 9.18 Å². The number of benzene rings is 1. The summed E-state index contributed by atoms with van der Waals surface area (Å²) in [5.41, 5.74) is -1.09. The number of hydrogen-bond acceptors (Lipinski definition) is 2. The molecule has 0 aromatic heterocycles. The molecule has 0 spiro atoms. The topological polar surface area (TPSA) is 52.9 Å². The molecule has 0 bridgehead atoms. The molecule has 96 valence electrons. The number of nitrogens with zero attached hydrogens (tertiary/aromatic N) is 1. The number of hydrogen-bond donors (Lipinski definition) is 1. The highest BCUT2D eigenvalue weighted by Gasteiger charge is 2.35. The highest BCUT2D eigenvalue weighted by molar-refractivity contribution is 6.30. The monoisotopic (exact) mass is 268 g/mol. The van der Waals surface area contributed by atoms with Crippen LogP contribution in [0.2, 0.25) is 5.02 Å². The van der Waals surface area contributed by atoms with Gasteiger partial charge in [-0.1, -0.05) is 25.4 Å². The molecule has 0 heterocycles. The maximum absolute atomic E-state index is 13.5. The zero-order valence-corrected chi connectivity index (χ0v) is 11.0. The Balaban J connectivity index is 2.97. The molecule has 0 saturated carbocycles. The third kappa shape index (κ3) is 2.80. The Hall–Kier alpha value is -1.60. The minimum absolute atomic E-state index is 0.0333. The van der Waals surface area contributed by atoms with Crippen molar-refractivity contribution in [1.29, 1.82) is 5.26 Å². The SMILES string of the molecule is CCC(C#N)(CC)C(=O)Nc1ccc(Cl)cc1F. The van der Waals surface area contributed by atoms with E-state index in [1.165, 1.54) is 12.1 Å². The fourth-order valence-corrected chi connectivity index (χ4v) is 1.77. The van der Waals surface area contributed by atoms with Crippen molar-refractivity contribution in [3.63, 3.8) is 0 Å². The van der Waals surface area contributed by atoms with Crippen LogP contribution in [0.3, 0.4) is 0 Å². The molecule has 1 amide bonds. The third-order valence-electron chi connectivity index (χ3n) is 3.04. The molecule has 0 unspecified atom stereocenters. The molecule has 0 aliphatic rings. The van der Waals surface area contributed by atoms with E-state index in [1.807, 2.05) is 6.07 Å². The van der Waals surface area contributed by atoms with Crippen molar-refractivity contribution in [2.45, 2.75) is 26.7 Å². The van der Waals surface area contributed by atoms with Crippen molar-refractivity contribution in [1.82, 2.24) is 0 Å². The van der Waals surface area contributed by atoms with Crippen molar-refractivity contribution in [2.75, 3.05) is 5.32 Å². The Bertz CT molecular complexity index is 492. The van der Waals surface area contributed by atoms with Crippen LogP contribution in [0.15, 0.2) is 18.2 Å². The van der Waals surface area contributed by atoms with Crippen LogP contribution in [0.4, 0.5) is 10.1 Å². The first kappa shape index (κ1) is 14.5. The molecule has 0 fully saturated rings. The summed E-state index contributed by atoms with van der Waals surface area (Å²) in [6.07, 6.45) is 0.752. The normalized spacial score (nSPS) is 10.8. The molecule has 1 rings (SSSR count). The first-order valence-electron chi connectivity index (χ1n) is 5.67. The third-order valence-corrected chi connectivity index (χ3v) is 3.27. The fraction of sp³-hybridized carbons (Fsp3) is 0.385. The standard InChI is InChI=1S/C13H14ClFN2O/c1-3-13(4-2,8-16)12(18)17-11-6-5-9(14)7-10(11)15/h5-7H,3-4H2,1-2H3,(H,17,18). The number of amides is 1. The number of carbonyl (C=O) groups excluding carboxylic acids is 1. The van der Waals surface area contributed by atoms with E-state index in [-0.39, 0.29) is 10.7 Å². The Kier molecular flexibility index (Phi) is 4.69. The summed E-state index contributed by atoms with van der Waals surface area (Å²) in [6, 6.07) is 5.98. The molecule has 0 saturated heterocycles. The summed E-state index contributed by atoms with van der Waals surface area (Å²) in [5.74, 6) is -1.11. The summed E-state index contributed by atoms with van der Waals surface area (Å²) in [4.78, 5) is 12.0. The second-order valence-electron chi connectivity index (χ2n) is 3.98. The zero-order valence-electron chi connectivity index (χ0n) is 10.3. The largest absolute Gasteiger partial charge is 0.322 e. The van der Waals surface area contributed by atoms with E-state index in [4.69, 9.17) is 16.9 Å². The van der Waals surface area contributed by atoms with E-state index >= 15 is 0 Å². The second kappa shape index (κ2) is 5.83. The predicted molar refractivity (Wildman–Crippen MR) is 68.7 cm³/mol. The molecule has 1 aromatic carbocycles. The van der Waals surface area contributed by atoms with Crippen LogP contribution in [-0.4, -0.2) is 5.91 Å². The van der Waals surface area contributed by atoms with Gasteiger partial charge < -0.3 is 5.32 Å². The van der Waals surface area contributed by atoms with Gasteiger partial charge in [0.15, 0.2) is 0 Å². The predicted octanol–water partition coefficient (Wildman–Crippen LogP) is 3.75. The molecule has 0 atom stereocenters. The van der Waals surface area contributed by atoms with Gasteiger partial charge in [-0.05, 0) is 31.0 Å². The van der Waals surface area contributed by atoms with Gasteiger partial charge in [-0.2, -0.15) is 5.26 Å². The van der Waals surface area contributed by atoms with Crippen molar-refractivity contribution < 1.29 is 9.18 Å². The summed E-state index contributed by atoms with van der Waals surface area (Å²) in [6.45, 7) is 3.51. The average Bonchev–Trinajstić information content (AvgIpc) is 2.36. The van der Waals surface area contributed by atoms with Gasteiger partial charge in [0.25, 0.3) is 0 Å². The molecule has 0 radical (unpaired) electrons. The zero-order chi connectivity index (χ0) is 13.8. The van der Waals surface area contributed by atoms with Crippen LogP contribution in [0, 0.1) is 22.6 Å². The van der Waals surface area contributed by atoms with E-state index in [0.717, 1.165) is 6.07 Å². The quantitative estimate of drug-likeness (QED) is 0.904. The van der Waals surface area contributed by atoms with Crippen LogP contribution >= 0.6 is 11.6 Å². The van der Waals surface area contributed by atoms with Crippen LogP contribution in [0.25, 0.3) is 0 Å². The minimum atomic E-state index is -1.12. The average molecular weight is 269 g/mol. The van der Waals surface area contributed by atoms with Gasteiger partial charge >= 0.3 is 0 Å². The lowest BCUT2D eigenvalue weighted by Crippen LogP contribution is -2.34. The summed E-state index contributed by atoms with van der Waals surface area (Å²) in [7, 11) is 0. The van der Waals surface area contributed by atoms with E-state index in [2.05, 4.69) is 5.32 Å². The lowest BCUT2D eigenvalue weighted by Gasteiger charge is -2.22. The lowest BCUT2D eigenvalue weighted by molar-refractivity contribution is -0.123. The summed E-state index contributed by atoms with van der Waals surface area (Å²) >= 11 is 5.62. The summed E-state index contributed by atoms with van der Waals surface area (Å²) < 4.78 is 13.5. The Morgan fingerprint density at radius 1 is 1.50 bits per heavy atom. The van der Waals surface area contributed by atoms with Gasteiger partial charge in [-0.3, -0.25) is 4.79 Å². The van der Waals surface area contributed by atoms with Gasteiger partial charge in [-0.15, -0.1) is 0 Å². The van der Waals surface area contributed by atoms with Gasteiger partial charge in [0.05, 0.1) is 11.8 Å². The van der Waals surface area contributed by atoms with Crippen LogP contribution in [-0.2, 0) is 4.79 Å². The first-order chi connectivity index (χ1) is 8.49. The van der Waals surface area contributed by atoms with Crippen LogP contribution < -0.4 is 5.32 Å². The number of nitriles is 1. The highest BCUT2D eigenvalue weighted by Crippen LogP contribution is 2.28. The Morgan fingerprint density at radius 3 is 2.56 bits per heavy atom. The molecular formula is C13H14ClFN2O. The smallest absolute Gasteiger partial charge is 0.244 e. The van der Waals surface area contributed by atoms with E-state index in [1.54, 1.807) is 13.8 Å². The van der Waals surface area contributed by atoms with Crippen LogP contribution in [0.1, 0.15) is 26.7 Å². The fourth-order valence-electron chi connectivity index (χ4n) is 1.61. The molecule has 1 aromatic rings. The maximum Gasteiger partial charge on any atom is 0.244 e. The lowest BCUT2D eigenvalue weighted by atomic mass is 9.83. The molecule has 3 nitrogen and oxygen atoms in total. The van der Waals surface area contributed by atoms with Crippen molar-refractivity contribution in [2.24, 2.45) is 5.41 Å².